The lowest BCUT2D eigenvalue weighted by Crippen LogP contribution is -2.64. The molecule has 4 saturated carbocycles. The highest BCUT2D eigenvalue weighted by Crippen LogP contribution is 2.62. The Morgan fingerprint density at radius 3 is 2.40 bits per heavy atom. The largest absolute Gasteiger partial charge is 0.457 e. The van der Waals surface area contributed by atoms with Gasteiger partial charge in [-0.15, -0.1) is 0 Å². The van der Waals surface area contributed by atoms with Crippen LogP contribution in [0.2, 0.25) is 0 Å². The third-order valence-corrected chi connectivity index (χ3v) is 7.34. The minimum Gasteiger partial charge on any atom is -0.457 e. The number of hydrogen-bond donors (Lipinski definition) is 1. The van der Waals surface area contributed by atoms with Gasteiger partial charge in [0.15, 0.2) is 12.4 Å². The molecule has 0 heterocycles. The number of carbonyl (C=O) groups excluding carboxylic acids is 3. The predicted octanol–water partition coefficient (Wildman–Crippen LogP) is 4.04. The number of esters is 1. The van der Waals surface area contributed by atoms with Gasteiger partial charge in [0.2, 0.25) is 5.91 Å². The van der Waals surface area contributed by atoms with Crippen molar-refractivity contribution in [2.75, 3.05) is 6.61 Å². The monoisotopic (exact) mass is 405 g/mol. The normalized spacial score (nSPS) is 31.5. The van der Waals surface area contributed by atoms with Crippen LogP contribution in [0, 0.1) is 17.3 Å². The molecule has 4 bridgehead atoms. The number of Topliss-reactive ketones (excluding diaryl/α,β-unsaturated/α-hetero) is 1. The second kappa shape index (κ2) is 6.93. The zero-order valence-corrected chi connectivity index (χ0v) is 17.3. The summed E-state index contributed by atoms with van der Waals surface area (Å²) < 4.78 is 5.60. The first-order valence-corrected chi connectivity index (χ1v) is 10.8. The smallest absolute Gasteiger partial charge is 0.312 e. The number of amides is 1. The minimum atomic E-state index is -0.559. The number of benzene rings is 2. The lowest BCUT2D eigenvalue weighted by Gasteiger charge is -2.60. The fourth-order valence-electron chi connectivity index (χ4n) is 6.75. The van der Waals surface area contributed by atoms with E-state index in [1.54, 1.807) is 13.0 Å². The van der Waals surface area contributed by atoms with Crippen LogP contribution in [0.5, 0.6) is 0 Å². The molecule has 6 rings (SSSR count). The summed E-state index contributed by atoms with van der Waals surface area (Å²) in [6.07, 6.45) is 5.30. The van der Waals surface area contributed by atoms with Gasteiger partial charge in [-0.1, -0.05) is 36.4 Å². The van der Waals surface area contributed by atoms with Gasteiger partial charge in [-0.2, -0.15) is 0 Å². The Balaban J connectivity index is 1.30. The first-order chi connectivity index (χ1) is 14.4. The first kappa shape index (κ1) is 19.3. The van der Waals surface area contributed by atoms with Crippen LogP contribution < -0.4 is 5.32 Å². The minimum absolute atomic E-state index is 0.0352. The second-order valence-electron chi connectivity index (χ2n) is 9.76. The summed E-state index contributed by atoms with van der Waals surface area (Å²) in [7, 11) is 0. The van der Waals surface area contributed by atoms with E-state index in [-0.39, 0.29) is 29.8 Å². The van der Waals surface area contributed by atoms with Crippen molar-refractivity contribution in [1.29, 1.82) is 0 Å². The van der Waals surface area contributed by atoms with Crippen molar-refractivity contribution in [3.05, 3.63) is 48.0 Å². The van der Waals surface area contributed by atoms with E-state index in [4.69, 9.17) is 4.74 Å². The van der Waals surface area contributed by atoms with Crippen LogP contribution in [0.15, 0.2) is 42.5 Å². The highest BCUT2D eigenvalue weighted by Gasteiger charge is 2.61. The molecule has 0 radical (unpaired) electrons. The second-order valence-corrected chi connectivity index (χ2v) is 9.76. The van der Waals surface area contributed by atoms with E-state index < -0.39 is 5.41 Å². The summed E-state index contributed by atoms with van der Waals surface area (Å²) in [5.74, 6) is 0.409. The highest BCUT2D eigenvalue weighted by atomic mass is 16.5. The Labute approximate surface area is 176 Å². The molecule has 4 fully saturated rings. The Bertz CT molecular complexity index is 1030. The van der Waals surface area contributed by atoms with Crippen molar-refractivity contribution >= 4 is 28.4 Å². The summed E-state index contributed by atoms with van der Waals surface area (Å²) in [4.78, 5) is 37.7. The quantitative estimate of drug-likeness (QED) is 0.602. The molecule has 4 aliphatic carbocycles. The molecule has 30 heavy (non-hydrogen) atoms. The maximum Gasteiger partial charge on any atom is 0.312 e. The number of rotatable bonds is 5. The Hall–Kier alpha value is -2.69. The van der Waals surface area contributed by atoms with Crippen molar-refractivity contribution in [3.8, 4) is 0 Å². The third kappa shape index (κ3) is 3.30. The summed E-state index contributed by atoms with van der Waals surface area (Å²) in [6, 6.07) is 13.4. The van der Waals surface area contributed by atoms with Crippen molar-refractivity contribution in [1.82, 2.24) is 5.32 Å². The molecule has 2 aromatic rings. The SMILES string of the molecule is CC(=O)NC12C[C@H]3C[C@@H](C1)CC(C(=O)OCC(=O)c1ccc4ccccc4c1)(C3)C2. The number of ketones is 1. The van der Waals surface area contributed by atoms with Gasteiger partial charge in [0.05, 0.1) is 5.41 Å². The summed E-state index contributed by atoms with van der Waals surface area (Å²) in [5, 5.41) is 5.23. The lowest BCUT2D eigenvalue weighted by atomic mass is 9.47. The average Bonchev–Trinajstić information content (AvgIpc) is 2.69. The van der Waals surface area contributed by atoms with E-state index in [0.29, 0.717) is 23.8 Å². The summed E-state index contributed by atoms with van der Waals surface area (Å²) in [6.45, 7) is 1.31. The molecule has 1 N–H and O–H groups in total. The highest BCUT2D eigenvalue weighted by molar-refractivity contribution is 6.01. The number of nitrogens with one attached hydrogen (secondary N) is 1. The molecule has 0 saturated heterocycles. The topological polar surface area (TPSA) is 72.5 Å². The number of hydrogen-bond acceptors (Lipinski definition) is 4. The van der Waals surface area contributed by atoms with Gasteiger partial charge in [0.1, 0.15) is 0 Å². The summed E-state index contributed by atoms with van der Waals surface area (Å²) in [5.41, 5.74) is -0.283. The van der Waals surface area contributed by atoms with Gasteiger partial charge in [0, 0.05) is 18.0 Å². The average molecular weight is 405 g/mol. The molecule has 0 aromatic heterocycles. The van der Waals surface area contributed by atoms with Crippen LogP contribution in [0.1, 0.15) is 55.8 Å². The first-order valence-electron chi connectivity index (χ1n) is 10.8. The van der Waals surface area contributed by atoms with Crippen LogP contribution in [0.3, 0.4) is 0 Å². The van der Waals surface area contributed by atoms with Crippen LogP contribution in [-0.2, 0) is 14.3 Å². The molecule has 2 aromatic carbocycles. The van der Waals surface area contributed by atoms with Crippen LogP contribution in [0.4, 0.5) is 0 Å². The van der Waals surface area contributed by atoms with Crippen LogP contribution in [-0.4, -0.2) is 29.8 Å². The molecule has 5 heteroatoms. The van der Waals surface area contributed by atoms with E-state index >= 15 is 0 Å². The van der Waals surface area contributed by atoms with E-state index in [2.05, 4.69) is 5.32 Å². The lowest BCUT2D eigenvalue weighted by molar-refractivity contribution is -0.174. The van der Waals surface area contributed by atoms with Gasteiger partial charge in [-0.05, 0) is 67.2 Å². The van der Waals surface area contributed by atoms with Crippen LogP contribution >= 0.6 is 0 Å². The molecule has 4 aliphatic rings. The van der Waals surface area contributed by atoms with E-state index in [1.807, 2.05) is 36.4 Å². The van der Waals surface area contributed by atoms with Gasteiger partial charge in [-0.25, -0.2) is 0 Å². The molecule has 5 nitrogen and oxygen atoms in total. The van der Waals surface area contributed by atoms with Gasteiger partial charge in [0.25, 0.3) is 0 Å². The van der Waals surface area contributed by atoms with Gasteiger partial charge in [-0.3, -0.25) is 14.4 Å². The van der Waals surface area contributed by atoms with Crippen molar-refractivity contribution in [2.45, 2.75) is 51.0 Å². The number of carbonyl (C=O) groups is 3. The predicted molar refractivity (Wildman–Crippen MR) is 113 cm³/mol. The molecule has 0 aliphatic heterocycles. The Morgan fingerprint density at radius 2 is 1.70 bits per heavy atom. The van der Waals surface area contributed by atoms with Crippen molar-refractivity contribution < 1.29 is 19.1 Å². The Kier molecular flexibility index (Phi) is 4.46. The van der Waals surface area contributed by atoms with Crippen LogP contribution in [0.25, 0.3) is 10.8 Å². The molecular formula is C25H27NO4. The van der Waals surface area contributed by atoms with E-state index in [0.717, 1.165) is 42.9 Å². The van der Waals surface area contributed by atoms with Crippen molar-refractivity contribution in [3.63, 3.8) is 0 Å². The van der Waals surface area contributed by atoms with Gasteiger partial charge < -0.3 is 10.1 Å². The van der Waals surface area contributed by atoms with Crippen molar-refractivity contribution in [2.24, 2.45) is 17.3 Å². The zero-order valence-electron chi connectivity index (χ0n) is 17.3. The zero-order chi connectivity index (χ0) is 20.9. The fourth-order valence-corrected chi connectivity index (χ4v) is 6.75. The fraction of sp³-hybridized carbons (Fsp3) is 0.480. The molecule has 2 unspecified atom stereocenters. The molecule has 4 atom stereocenters. The molecular weight excluding hydrogens is 378 g/mol. The summed E-state index contributed by atoms with van der Waals surface area (Å²) >= 11 is 0. The molecule has 0 spiro atoms. The molecule has 1 amide bonds. The maximum atomic E-state index is 13.2. The molecule has 156 valence electrons. The Morgan fingerprint density at radius 1 is 1.00 bits per heavy atom. The number of fused-ring (bicyclic) bond motifs is 1. The maximum absolute atomic E-state index is 13.2. The van der Waals surface area contributed by atoms with E-state index in [9.17, 15) is 14.4 Å². The van der Waals surface area contributed by atoms with E-state index in [1.165, 1.54) is 0 Å². The number of ether oxygens (including phenoxy) is 1. The third-order valence-electron chi connectivity index (χ3n) is 7.34. The standard InChI is InChI=1S/C25H27NO4/c1-16(27)26-25-12-17-8-18(13-25)11-24(10-17,15-25)23(29)30-14-22(28)21-7-6-19-4-2-3-5-20(19)9-21/h2-7,9,17-18H,8,10-15H2,1H3,(H,26,27)/t17-,18+,24?,25?. The van der Waals surface area contributed by atoms with Gasteiger partial charge >= 0.3 is 5.97 Å².